The van der Waals surface area contributed by atoms with Gasteiger partial charge in [0.15, 0.2) is 0 Å². The standard InChI is InChI=1S/C25H27ClFNO3S/c1-24(2,3)16-10-14(11-17(21(16)29)25(4,5)6)12-20-22(30)28(23(31)32-20)13-15-18(26)8-7-9-19(15)27/h7-12,29H,13H2,1-6H3/b20-12-. The maximum atomic E-state index is 14.2. The average molecular weight is 476 g/mol. The third-order valence-electron chi connectivity index (χ3n) is 5.30. The summed E-state index contributed by atoms with van der Waals surface area (Å²) in [6.45, 7) is 11.8. The van der Waals surface area contributed by atoms with Crippen molar-refractivity contribution in [1.29, 1.82) is 0 Å². The van der Waals surface area contributed by atoms with Crippen molar-refractivity contribution in [2.75, 3.05) is 0 Å². The number of thioether (sulfide) groups is 1. The Labute approximate surface area is 197 Å². The van der Waals surface area contributed by atoms with Gasteiger partial charge < -0.3 is 5.11 Å². The molecule has 1 saturated heterocycles. The highest BCUT2D eigenvalue weighted by Crippen LogP contribution is 2.41. The van der Waals surface area contributed by atoms with Crippen LogP contribution in [-0.2, 0) is 22.2 Å². The number of hydrogen-bond donors (Lipinski definition) is 1. The number of phenols is 1. The van der Waals surface area contributed by atoms with Gasteiger partial charge in [0.2, 0.25) is 0 Å². The minimum absolute atomic E-state index is 0.104. The van der Waals surface area contributed by atoms with Crippen molar-refractivity contribution < 1.29 is 19.1 Å². The van der Waals surface area contributed by atoms with Gasteiger partial charge in [0.25, 0.3) is 11.1 Å². The molecule has 7 heteroatoms. The molecule has 0 aliphatic carbocycles. The van der Waals surface area contributed by atoms with E-state index < -0.39 is 17.0 Å². The SMILES string of the molecule is CC(C)(C)c1cc(/C=C2\SC(=O)N(Cc3c(F)cccc3Cl)C2=O)cc(C(C)(C)C)c1O. The van der Waals surface area contributed by atoms with E-state index in [1.54, 1.807) is 6.08 Å². The van der Waals surface area contributed by atoms with E-state index in [2.05, 4.69) is 0 Å². The Morgan fingerprint density at radius 2 is 1.62 bits per heavy atom. The normalized spacial score (nSPS) is 16.4. The van der Waals surface area contributed by atoms with Gasteiger partial charge in [-0.1, -0.05) is 59.2 Å². The number of carbonyl (C=O) groups is 2. The van der Waals surface area contributed by atoms with Crippen LogP contribution < -0.4 is 0 Å². The third kappa shape index (κ3) is 4.86. The minimum Gasteiger partial charge on any atom is -0.507 e. The van der Waals surface area contributed by atoms with Gasteiger partial charge in [-0.25, -0.2) is 4.39 Å². The smallest absolute Gasteiger partial charge is 0.293 e. The summed E-state index contributed by atoms with van der Waals surface area (Å²) in [5.74, 6) is -0.824. The van der Waals surface area contributed by atoms with E-state index in [4.69, 9.17) is 11.6 Å². The van der Waals surface area contributed by atoms with Gasteiger partial charge >= 0.3 is 0 Å². The number of hydrogen-bond acceptors (Lipinski definition) is 4. The molecule has 170 valence electrons. The van der Waals surface area contributed by atoms with Gasteiger partial charge in [-0.05, 0) is 58.5 Å². The Bertz CT molecular complexity index is 1070. The molecule has 4 nitrogen and oxygen atoms in total. The third-order valence-corrected chi connectivity index (χ3v) is 6.56. The molecule has 0 radical (unpaired) electrons. The predicted molar refractivity (Wildman–Crippen MR) is 128 cm³/mol. The average Bonchev–Trinajstić information content (AvgIpc) is 2.91. The molecule has 0 atom stereocenters. The summed E-state index contributed by atoms with van der Waals surface area (Å²) in [6, 6.07) is 7.92. The molecule has 1 fully saturated rings. The summed E-state index contributed by atoms with van der Waals surface area (Å²) >= 11 is 6.88. The molecule has 2 amide bonds. The highest BCUT2D eigenvalue weighted by Gasteiger charge is 2.36. The lowest BCUT2D eigenvalue weighted by atomic mass is 9.78. The maximum absolute atomic E-state index is 14.2. The van der Waals surface area contributed by atoms with Gasteiger partial charge in [-0.15, -0.1) is 0 Å². The second-order valence-corrected chi connectivity index (χ2v) is 11.3. The van der Waals surface area contributed by atoms with Gasteiger partial charge in [-0.3, -0.25) is 14.5 Å². The Kier molecular flexibility index (Phi) is 6.51. The first-order valence-corrected chi connectivity index (χ1v) is 11.5. The second-order valence-electron chi connectivity index (χ2n) is 9.93. The number of halogens is 2. The molecule has 0 unspecified atom stereocenters. The molecule has 2 aromatic rings. The Balaban J connectivity index is 2.02. The molecule has 1 heterocycles. The van der Waals surface area contributed by atoms with Crippen LogP contribution in [0, 0.1) is 5.82 Å². The molecule has 32 heavy (non-hydrogen) atoms. The quantitative estimate of drug-likeness (QED) is 0.485. The van der Waals surface area contributed by atoms with E-state index >= 15 is 0 Å². The Morgan fingerprint density at radius 3 is 2.12 bits per heavy atom. The zero-order valence-electron chi connectivity index (χ0n) is 19.0. The van der Waals surface area contributed by atoms with Crippen molar-refractivity contribution in [3.05, 3.63) is 68.3 Å². The van der Waals surface area contributed by atoms with Crippen LogP contribution in [0.25, 0.3) is 6.08 Å². The van der Waals surface area contributed by atoms with E-state index in [0.29, 0.717) is 5.56 Å². The number of phenolic OH excluding ortho intramolecular Hbond substituents is 1. The van der Waals surface area contributed by atoms with E-state index in [0.717, 1.165) is 27.8 Å². The summed E-state index contributed by atoms with van der Waals surface area (Å²) in [5, 5.41) is 10.6. The van der Waals surface area contributed by atoms with Crippen molar-refractivity contribution in [3.63, 3.8) is 0 Å². The summed E-state index contributed by atoms with van der Waals surface area (Å²) in [7, 11) is 0. The number of carbonyl (C=O) groups excluding carboxylic acids is 2. The van der Waals surface area contributed by atoms with E-state index in [-0.39, 0.29) is 38.6 Å². The zero-order valence-corrected chi connectivity index (χ0v) is 20.6. The van der Waals surface area contributed by atoms with E-state index in [1.807, 2.05) is 53.7 Å². The fraction of sp³-hybridized carbons (Fsp3) is 0.360. The highest BCUT2D eigenvalue weighted by atomic mass is 35.5. The highest BCUT2D eigenvalue weighted by molar-refractivity contribution is 8.18. The summed E-state index contributed by atoms with van der Waals surface area (Å²) in [5.41, 5.74) is 1.69. The zero-order chi connectivity index (χ0) is 24.0. The first-order valence-electron chi connectivity index (χ1n) is 10.3. The molecule has 0 bridgehead atoms. The Hall–Kier alpha value is -2.31. The van der Waals surface area contributed by atoms with E-state index in [1.165, 1.54) is 18.2 Å². The lowest BCUT2D eigenvalue weighted by Gasteiger charge is -2.28. The summed E-state index contributed by atoms with van der Waals surface area (Å²) in [4.78, 5) is 26.8. The fourth-order valence-corrected chi connectivity index (χ4v) is 4.57. The number of rotatable bonds is 3. The number of amides is 2. The topological polar surface area (TPSA) is 57.6 Å². The van der Waals surface area contributed by atoms with E-state index in [9.17, 15) is 19.1 Å². The molecule has 3 rings (SSSR count). The number of nitrogens with zero attached hydrogens (tertiary/aromatic N) is 1. The van der Waals surface area contributed by atoms with Crippen LogP contribution in [0.4, 0.5) is 9.18 Å². The first-order chi connectivity index (χ1) is 14.7. The van der Waals surface area contributed by atoms with Crippen molar-refractivity contribution >= 4 is 40.6 Å². The van der Waals surface area contributed by atoms with Crippen molar-refractivity contribution in [1.82, 2.24) is 4.90 Å². The molecular weight excluding hydrogens is 449 g/mol. The maximum Gasteiger partial charge on any atom is 0.293 e. The largest absolute Gasteiger partial charge is 0.507 e. The van der Waals surface area contributed by atoms with Gasteiger partial charge in [0.1, 0.15) is 11.6 Å². The van der Waals surface area contributed by atoms with Gasteiger partial charge in [0, 0.05) is 21.7 Å². The fourth-order valence-electron chi connectivity index (χ4n) is 3.51. The van der Waals surface area contributed by atoms with Gasteiger partial charge in [0.05, 0.1) is 11.4 Å². The van der Waals surface area contributed by atoms with Gasteiger partial charge in [-0.2, -0.15) is 0 Å². The molecular formula is C25H27ClFNO3S. The molecule has 0 spiro atoms. The summed E-state index contributed by atoms with van der Waals surface area (Å²) < 4.78 is 14.2. The molecule has 1 aliphatic heterocycles. The lowest BCUT2D eigenvalue weighted by molar-refractivity contribution is -0.123. The van der Waals surface area contributed by atoms with Crippen LogP contribution in [-0.4, -0.2) is 21.2 Å². The van der Waals surface area contributed by atoms with Crippen molar-refractivity contribution in [2.24, 2.45) is 0 Å². The number of imide groups is 1. The van der Waals surface area contributed by atoms with Crippen LogP contribution in [0.2, 0.25) is 5.02 Å². The number of benzene rings is 2. The second kappa shape index (κ2) is 8.56. The Morgan fingerprint density at radius 1 is 1.06 bits per heavy atom. The van der Waals surface area contributed by atoms with Crippen LogP contribution in [0.3, 0.4) is 0 Å². The lowest BCUT2D eigenvalue weighted by Crippen LogP contribution is -2.28. The minimum atomic E-state index is -0.566. The van der Waals surface area contributed by atoms with Crippen LogP contribution in [0.15, 0.2) is 35.2 Å². The molecule has 0 saturated carbocycles. The van der Waals surface area contributed by atoms with Crippen molar-refractivity contribution in [3.8, 4) is 5.75 Å². The van der Waals surface area contributed by atoms with Crippen LogP contribution >= 0.6 is 23.4 Å². The molecule has 0 aromatic heterocycles. The first kappa shape index (κ1) is 24.3. The number of aromatic hydroxyl groups is 1. The molecule has 1 aliphatic rings. The summed E-state index contributed by atoms with van der Waals surface area (Å²) in [6.07, 6.45) is 1.65. The monoisotopic (exact) mass is 475 g/mol. The predicted octanol–water partition coefficient (Wildman–Crippen LogP) is 7.02. The van der Waals surface area contributed by atoms with Crippen LogP contribution in [0.5, 0.6) is 5.75 Å². The molecule has 2 aromatic carbocycles. The van der Waals surface area contributed by atoms with Crippen molar-refractivity contribution in [2.45, 2.75) is 58.9 Å². The van der Waals surface area contributed by atoms with Crippen LogP contribution in [0.1, 0.15) is 63.8 Å². The molecule has 1 N–H and O–H groups in total.